The largest absolute Gasteiger partial charge is 0.481 e. The van der Waals surface area contributed by atoms with Crippen LogP contribution in [0.2, 0.25) is 0 Å². The standard InChI is InChI=1S/C32H48O6/c1-10-12-22(17-24(33)34)26-29-32(16-15-20(5)6,18-23(31(26,8)9)14-13-19(3)4)28(36)25(30(37)38-29)27(35)21(7)11-2/h13,15,21-23,25H,10-12,14,16-18H2,1-9H3,(H,33,34). The normalized spacial score (nSPS) is 26.1. The first kappa shape index (κ1) is 31.7. The van der Waals surface area contributed by atoms with Gasteiger partial charge in [-0.05, 0) is 82.6 Å². The molecule has 0 amide bonds. The summed E-state index contributed by atoms with van der Waals surface area (Å²) in [5.41, 5.74) is 1.25. The molecule has 1 saturated heterocycles. The fraction of sp³-hybridized carbons (Fsp3) is 0.688. The molecule has 0 aromatic heterocycles. The van der Waals surface area contributed by atoms with Crippen LogP contribution < -0.4 is 0 Å². The van der Waals surface area contributed by atoms with Gasteiger partial charge in [0.2, 0.25) is 0 Å². The van der Waals surface area contributed by atoms with Gasteiger partial charge in [-0.1, -0.05) is 64.3 Å². The van der Waals surface area contributed by atoms with Gasteiger partial charge in [0.25, 0.3) is 0 Å². The highest BCUT2D eigenvalue weighted by molar-refractivity contribution is 6.21. The molecule has 212 valence electrons. The molecule has 0 spiro atoms. The van der Waals surface area contributed by atoms with E-state index in [1.807, 2.05) is 47.6 Å². The average Bonchev–Trinajstić information content (AvgIpc) is 2.81. The minimum atomic E-state index is -1.45. The number of ether oxygens (including phenoxy) is 1. The molecule has 0 bridgehead atoms. The quantitative estimate of drug-likeness (QED) is 0.163. The molecule has 5 unspecified atom stereocenters. The first-order valence-electron chi connectivity index (χ1n) is 14.2. The van der Waals surface area contributed by atoms with E-state index < -0.39 is 34.6 Å². The van der Waals surface area contributed by atoms with E-state index in [-0.39, 0.29) is 29.8 Å². The number of ketones is 2. The molecule has 5 atom stereocenters. The summed E-state index contributed by atoms with van der Waals surface area (Å²) < 4.78 is 6.12. The monoisotopic (exact) mass is 528 g/mol. The first-order valence-corrected chi connectivity index (χ1v) is 14.2. The van der Waals surface area contributed by atoms with Crippen LogP contribution in [-0.4, -0.2) is 28.6 Å². The van der Waals surface area contributed by atoms with Crippen molar-refractivity contribution in [3.05, 3.63) is 34.6 Å². The number of Topliss-reactive ketones (excluding diaryl/α,β-unsaturated/α-hetero) is 2. The lowest BCUT2D eigenvalue weighted by atomic mass is 9.52. The fourth-order valence-corrected chi connectivity index (χ4v) is 6.21. The van der Waals surface area contributed by atoms with E-state index in [1.54, 1.807) is 6.92 Å². The second-order valence-corrected chi connectivity index (χ2v) is 12.5. The number of fused-ring (bicyclic) bond motifs is 1. The van der Waals surface area contributed by atoms with E-state index in [1.165, 1.54) is 0 Å². The average molecular weight is 529 g/mol. The van der Waals surface area contributed by atoms with E-state index >= 15 is 0 Å². The van der Waals surface area contributed by atoms with Gasteiger partial charge in [-0.15, -0.1) is 0 Å². The Kier molecular flexibility index (Phi) is 10.5. The maximum atomic E-state index is 14.5. The van der Waals surface area contributed by atoms with Gasteiger partial charge < -0.3 is 9.84 Å². The van der Waals surface area contributed by atoms with Crippen molar-refractivity contribution in [1.82, 2.24) is 0 Å². The zero-order valence-corrected chi connectivity index (χ0v) is 24.9. The van der Waals surface area contributed by atoms with Crippen LogP contribution in [0.1, 0.15) is 107 Å². The summed E-state index contributed by atoms with van der Waals surface area (Å²) in [7, 11) is 0. The highest BCUT2D eigenvalue weighted by Gasteiger charge is 2.62. The number of hydrogen-bond acceptors (Lipinski definition) is 5. The molecule has 38 heavy (non-hydrogen) atoms. The molecule has 0 radical (unpaired) electrons. The van der Waals surface area contributed by atoms with Crippen LogP contribution in [0.3, 0.4) is 0 Å². The molecule has 2 aliphatic rings. The predicted molar refractivity (Wildman–Crippen MR) is 149 cm³/mol. The van der Waals surface area contributed by atoms with Gasteiger partial charge in [0.15, 0.2) is 17.5 Å². The van der Waals surface area contributed by atoms with Crippen LogP contribution in [0.5, 0.6) is 0 Å². The number of allylic oxidation sites excluding steroid dienone is 6. The van der Waals surface area contributed by atoms with E-state index in [0.717, 1.165) is 23.1 Å². The lowest BCUT2D eigenvalue weighted by molar-refractivity contribution is -0.167. The molecule has 1 N–H and O–H groups in total. The van der Waals surface area contributed by atoms with Crippen molar-refractivity contribution >= 4 is 23.5 Å². The Morgan fingerprint density at radius 3 is 2.18 bits per heavy atom. The summed E-state index contributed by atoms with van der Waals surface area (Å²) in [4.78, 5) is 53.3. The topological polar surface area (TPSA) is 97.7 Å². The van der Waals surface area contributed by atoms with E-state index in [2.05, 4.69) is 19.9 Å². The predicted octanol–water partition coefficient (Wildman–Crippen LogP) is 7.23. The minimum absolute atomic E-state index is 0.00466. The first-order chi connectivity index (χ1) is 17.6. The smallest absolute Gasteiger partial charge is 0.329 e. The molecule has 0 aromatic rings. The van der Waals surface area contributed by atoms with Crippen LogP contribution >= 0.6 is 0 Å². The summed E-state index contributed by atoms with van der Waals surface area (Å²) in [6.07, 6.45) is 7.39. The van der Waals surface area contributed by atoms with Crippen LogP contribution in [0.4, 0.5) is 0 Å². The van der Waals surface area contributed by atoms with Crippen molar-refractivity contribution in [1.29, 1.82) is 0 Å². The lowest BCUT2D eigenvalue weighted by Crippen LogP contribution is -2.56. The minimum Gasteiger partial charge on any atom is -0.481 e. The number of carboxylic acids is 1. The third kappa shape index (κ3) is 6.38. The third-order valence-electron chi connectivity index (χ3n) is 8.68. The van der Waals surface area contributed by atoms with Crippen molar-refractivity contribution in [3.63, 3.8) is 0 Å². The highest BCUT2D eigenvalue weighted by atomic mass is 16.5. The van der Waals surface area contributed by atoms with Gasteiger partial charge in [-0.3, -0.25) is 19.2 Å². The van der Waals surface area contributed by atoms with Crippen LogP contribution in [0.15, 0.2) is 34.6 Å². The highest BCUT2D eigenvalue weighted by Crippen LogP contribution is 2.61. The van der Waals surface area contributed by atoms with Crippen molar-refractivity contribution in [2.75, 3.05) is 0 Å². The number of esters is 1. The summed E-state index contributed by atoms with van der Waals surface area (Å²) in [5.74, 6) is -4.47. The number of carbonyl (C=O) groups is 4. The van der Waals surface area contributed by atoms with Gasteiger partial charge in [0.1, 0.15) is 5.76 Å². The lowest BCUT2D eigenvalue weighted by Gasteiger charge is -2.53. The number of rotatable bonds is 12. The van der Waals surface area contributed by atoms with Crippen LogP contribution in [0.25, 0.3) is 0 Å². The summed E-state index contributed by atoms with van der Waals surface area (Å²) in [6, 6.07) is 0. The summed E-state index contributed by atoms with van der Waals surface area (Å²) in [6.45, 7) is 17.8. The summed E-state index contributed by atoms with van der Waals surface area (Å²) >= 11 is 0. The Morgan fingerprint density at radius 2 is 1.68 bits per heavy atom. The van der Waals surface area contributed by atoms with Crippen molar-refractivity contribution in [2.45, 2.75) is 107 Å². The molecule has 6 nitrogen and oxygen atoms in total. The van der Waals surface area contributed by atoms with Gasteiger partial charge in [0.05, 0.1) is 11.8 Å². The Labute approximate surface area is 229 Å². The Hall–Kier alpha value is -2.50. The molecule has 6 heteroatoms. The van der Waals surface area contributed by atoms with Crippen molar-refractivity contribution < 1.29 is 29.0 Å². The van der Waals surface area contributed by atoms with Crippen molar-refractivity contribution in [3.8, 4) is 0 Å². The van der Waals surface area contributed by atoms with Gasteiger partial charge in [0, 0.05) is 5.92 Å². The molecule has 1 heterocycles. The molecule has 0 aromatic carbocycles. The molecular formula is C32H48O6. The van der Waals surface area contributed by atoms with Crippen LogP contribution in [-0.2, 0) is 23.9 Å². The van der Waals surface area contributed by atoms with Gasteiger partial charge in [-0.25, -0.2) is 0 Å². The molecule has 1 fully saturated rings. The fourth-order valence-electron chi connectivity index (χ4n) is 6.21. The third-order valence-corrected chi connectivity index (χ3v) is 8.68. The van der Waals surface area contributed by atoms with Crippen LogP contribution in [0, 0.1) is 34.5 Å². The van der Waals surface area contributed by atoms with Gasteiger partial charge >= 0.3 is 11.9 Å². The summed E-state index contributed by atoms with van der Waals surface area (Å²) in [5, 5.41) is 9.84. The maximum Gasteiger partial charge on any atom is 0.329 e. The molecule has 1 aliphatic carbocycles. The molecular weight excluding hydrogens is 480 g/mol. The maximum absolute atomic E-state index is 14.5. The van der Waals surface area contributed by atoms with Crippen molar-refractivity contribution in [2.24, 2.45) is 34.5 Å². The Morgan fingerprint density at radius 1 is 1.08 bits per heavy atom. The van der Waals surface area contributed by atoms with Gasteiger partial charge in [-0.2, -0.15) is 0 Å². The number of carboxylic acid groups (broad SMARTS) is 1. The Bertz CT molecular complexity index is 1030. The number of carbonyl (C=O) groups excluding carboxylic acids is 3. The number of aliphatic carboxylic acids is 1. The molecule has 0 saturated carbocycles. The second kappa shape index (κ2) is 12.6. The number of hydrogen-bond donors (Lipinski definition) is 1. The zero-order chi connectivity index (χ0) is 29.0. The second-order valence-electron chi connectivity index (χ2n) is 12.5. The van der Waals surface area contributed by atoms with E-state index in [0.29, 0.717) is 37.9 Å². The Balaban J connectivity index is 2.95. The SMILES string of the molecule is CCCC(CC(=O)O)C1=C2OC(=O)C(C(=O)C(C)CC)C(=O)C2(CC=C(C)C)CC(CC=C(C)C)C1(C)C. The van der Waals surface area contributed by atoms with E-state index in [9.17, 15) is 24.3 Å². The molecule has 2 rings (SSSR count). The van der Waals surface area contributed by atoms with E-state index in [4.69, 9.17) is 4.74 Å². The zero-order valence-electron chi connectivity index (χ0n) is 24.9. The molecule has 1 aliphatic heterocycles.